The van der Waals surface area contributed by atoms with Crippen LogP contribution in [0.4, 0.5) is 0 Å². The molecule has 0 saturated carbocycles. The fourth-order valence-electron chi connectivity index (χ4n) is 1.75. The summed E-state index contributed by atoms with van der Waals surface area (Å²) in [6.07, 6.45) is 13.0. The third-order valence-electron chi connectivity index (χ3n) is 2.81. The molecule has 0 aromatic heterocycles. The lowest BCUT2D eigenvalue weighted by atomic mass is 10.1. The molecule has 0 atom stereocenters. The quantitative estimate of drug-likeness (QED) is 0.311. The summed E-state index contributed by atoms with van der Waals surface area (Å²) in [5.74, 6) is -0.391. The first-order valence-electron chi connectivity index (χ1n) is 7.54. The Bertz CT molecular complexity index is 256. The molecule has 0 amide bonds. The van der Waals surface area contributed by atoms with Gasteiger partial charge in [-0.25, -0.2) is 0 Å². The molecule has 4 nitrogen and oxygen atoms in total. The van der Waals surface area contributed by atoms with Gasteiger partial charge in [-0.05, 0) is 51.4 Å². The fraction of sp³-hybridized carbons (Fsp3) is 0.750. The Morgan fingerprint density at radius 3 is 1.45 bits per heavy atom. The van der Waals surface area contributed by atoms with Crippen LogP contribution in [0.2, 0.25) is 0 Å². The van der Waals surface area contributed by atoms with Crippen LogP contribution in [0.15, 0.2) is 12.2 Å². The Labute approximate surface area is 122 Å². The van der Waals surface area contributed by atoms with Gasteiger partial charge in [-0.1, -0.05) is 12.2 Å². The summed E-state index contributed by atoms with van der Waals surface area (Å²) in [4.78, 5) is 21.0. The SMILES string of the molecule is CC(=O)OCCCCCC=CCCCCCOC(C)=O. The van der Waals surface area contributed by atoms with Crippen molar-refractivity contribution in [2.75, 3.05) is 13.2 Å². The first kappa shape index (κ1) is 18.7. The number of hydrogen-bond donors (Lipinski definition) is 0. The van der Waals surface area contributed by atoms with Crippen LogP contribution in [0.5, 0.6) is 0 Å². The highest BCUT2D eigenvalue weighted by molar-refractivity contribution is 5.66. The van der Waals surface area contributed by atoms with Gasteiger partial charge in [0.2, 0.25) is 0 Å². The van der Waals surface area contributed by atoms with E-state index >= 15 is 0 Å². The maximum atomic E-state index is 10.5. The molecule has 0 aliphatic rings. The van der Waals surface area contributed by atoms with Gasteiger partial charge in [0.1, 0.15) is 0 Å². The van der Waals surface area contributed by atoms with Gasteiger partial charge in [-0.3, -0.25) is 9.59 Å². The predicted molar refractivity (Wildman–Crippen MR) is 79.3 cm³/mol. The van der Waals surface area contributed by atoms with Gasteiger partial charge in [0.25, 0.3) is 0 Å². The third kappa shape index (κ3) is 16.7. The van der Waals surface area contributed by atoms with Crippen LogP contribution in [0, 0.1) is 0 Å². The van der Waals surface area contributed by atoms with Crippen molar-refractivity contribution in [1.29, 1.82) is 0 Å². The summed E-state index contributed by atoms with van der Waals surface area (Å²) in [6.45, 7) is 3.97. The molecule has 0 rings (SSSR count). The van der Waals surface area contributed by atoms with Gasteiger partial charge in [0.15, 0.2) is 0 Å². The highest BCUT2D eigenvalue weighted by atomic mass is 16.5. The molecular formula is C16H28O4. The molecule has 0 radical (unpaired) electrons. The van der Waals surface area contributed by atoms with Crippen LogP contribution in [-0.4, -0.2) is 25.2 Å². The monoisotopic (exact) mass is 284 g/mol. The summed E-state index contributed by atoms with van der Waals surface area (Å²) < 4.78 is 9.72. The second kappa shape index (κ2) is 14.1. The first-order chi connectivity index (χ1) is 9.63. The Balaban J connectivity index is 3.12. The van der Waals surface area contributed by atoms with Crippen molar-refractivity contribution in [3.63, 3.8) is 0 Å². The van der Waals surface area contributed by atoms with Crippen LogP contribution < -0.4 is 0 Å². The van der Waals surface area contributed by atoms with Crippen molar-refractivity contribution >= 4 is 11.9 Å². The van der Waals surface area contributed by atoms with Crippen LogP contribution in [0.1, 0.15) is 65.2 Å². The van der Waals surface area contributed by atoms with E-state index < -0.39 is 0 Å². The van der Waals surface area contributed by atoms with E-state index in [2.05, 4.69) is 12.2 Å². The van der Waals surface area contributed by atoms with Gasteiger partial charge in [-0.15, -0.1) is 0 Å². The Kier molecular flexibility index (Phi) is 13.2. The lowest BCUT2D eigenvalue weighted by Gasteiger charge is -2.01. The second-order valence-corrected chi connectivity index (χ2v) is 4.85. The summed E-state index contributed by atoms with van der Waals surface area (Å²) in [6, 6.07) is 0. The number of rotatable bonds is 12. The molecule has 0 spiro atoms. The minimum Gasteiger partial charge on any atom is -0.466 e. The summed E-state index contributed by atoms with van der Waals surface area (Å²) >= 11 is 0. The lowest BCUT2D eigenvalue weighted by molar-refractivity contribution is -0.142. The van der Waals surface area contributed by atoms with E-state index in [9.17, 15) is 9.59 Å². The minimum atomic E-state index is -0.196. The van der Waals surface area contributed by atoms with Crippen molar-refractivity contribution in [3.05, 3.63) is 12.2 Å². The number of hydrogen-bond acceptors (Lipinski definition) is 4. The Hall–Kier alpha value is -1.32. The van der Waals surface area contributed by atoms with Gasteiger partial charge in [0, 0.05) is 13.8 Å². The van der Waals surface area contributed by atoms with E-state index in [0.29, 0.717) is 13.2 Å². The molecule has 0 saturated heterocycles. The van der Waals surface area contributed by atoms with Crippen LogP contribution >= 0.6 is 0 Å². The molecule has 20 heavy (non-hydrogen) atoms. The van der Waals surface area contributed by atoms with Crippen molar-refractivity contribution in [3.8, 4) is 0 Å². The van der Waals surface area contributed by atoms with E-state index in [1.165, 1.54) is 13.8 Å². The van der Waals surface area contributed by atoms with Crippen molar-refractivity contribution < 1.29 is 19.1 Å². The molecule has 0 aliphatic carbocycles. The molecule has 0 heterocycles. The Morgan fingerprint density at radius 1 is 0.700 bits per heavy atom. The summed E-state index contributed by atoms with van der Waals surface area (Å²) in [5.41, 5.74) is 0. The Morgan fingerprint density at radius 2 is 1.10 bits per heavy atom. The molecule has 116 valence electrons. The molecular weight excluding hydrogens is 256 g/mol. The smallest absolute Gasteiger partial charge is 0.302 e. The molecule has 0 aromatic carbocycles. The lowest BCUT2D eigenvalue weighted by Crippen LogP contribution is -2.00. The molecule has 0 aromatic rings. The fourth-order valence-corrected chi connectivity index (χ4v) is 1.75. The maximum absolute atomic E-state index is 10.5. The molecule has 0 unspecified atom stereocenters. The normalized spacial score (nSPS) is 10.7. The number of carbonyl (C=O) groups is 2. The zero-order chi connectivity index (χ0) is 15.1. The topological polar surface area (TPSA) is 52.6 Å². The molecule has 4 heteroatoms. The number of carbonyl (C=O) groups excluding carboxylic acids is 2. The summed E-state index contributed by atoms with van der Waals surface area (Å²) in [7, 11) is 0. The number of allylic oxidation sites excluding steroid dienone is 2. The van der Waals surface area contributed by atoms with E-state index in [4.69, 9.17) is 9.47 Å². The van der Waals surface area contributed by atoms with Gasteiger partial charge >= 0.3 is 11.9 Å². The minimum absolute atomic E-state index is 0.196. The van der Waals surface area contributed by atoms with Gasteiger partial charge in [-0.2, -0.15) is 0 Å². The third-order valence-corrected chi connectivity index (χ3v) is 2.81. The van der Waals surface area contributed by atoms with E-state index in [-0.39, 0.29) is 11.9 Å². The van der Waals surface area contributed by atoms with E-state index in [0.717, 1.165) is 51.4 Å². The molecule has 0 aliphatic heterocycles. The van der Waals surface area contributed by atoms with Gasteiger partial charge < -0.3 is 9.47 Å². The molecule has 0 bridgehead atoms. The molecule has 0 fully saturated rings. The standard InChI is InChI=1S/C16H28O4/c1-15(17)19-13-11-9-7-5-3-4-6-8-10-12-14-20-16(2)18/h3-4H,5-14H2,1-2H3. The average Bonchev–Trinajstić information content (AvgIpc) is 2.38. The van der Waals surface area contributed by atoms with Crippen molar-refractivity contribution in [1.82, 2.24) is 0 Å². The highest BCUT2D eigenvalue weighted by Gasteiger charge is 1.93. The van der Waals surface area contributed by atoms with E-state index in [1.54, 1.807) is 0 Å². The maximum Gasteiger partial charge on any atom is 0.302 e. The predicted octanol–water partition coefficient (Wildman–Crippen LogP) is 3.79. The van der Waals surface area contributed by atoms with Crippen molar-refractivity contribution in [2.24, 2.45) is 0 Å². The van der Waals surface area contributed by atoms with E-state index in [1.807, 2.05) is 0 Å². The summed E-state index contributed by atoms with van der Waals surface area (Å²) in [5, 5.41) is 0. The first-order valence-corrected chi connectivity index (χ1v) is 7.54. The second-order valence-electron chi connectivity index (χ2n) is 4.85. The largest absolute Gasteiger partial charge is 0.466 e. The van der Waals surface area contributed by atoms with Gasteiger partial charge in [0.05, 0.1) is 13.2 Å². The number of unbranched alkanes of at least 4 members (excludes halogenated alkanes) is 6. The van der Waals surface area contributed by atoms with Crippen LogP contribution in [0.25, 0.3) is 0 Å². The number of esters is 2. The van der Waals surface area contributed by atoms with Crippen molar-refractivity contribution in [2.45, 2.75) is 65.2 Å². The number of ether oxygens (including phenoxy) is 2. The van der Waals surface area contributed by atoms with Crippen LogP contribution in [0.3, 0.4) is 0 Å². The zero-order valence-corrected chi connectivity index (χ0v) is 12.9. The van der Waals surface area contributed by atoms with Crippen LogP contribution in [-0.2, 0) is 19.1 Å². The zero-order valence-electron chi connectivity index (χ0n) is 12.9. The average molecular weight is 284 g/mol. The molecule has 0 N–H and O–H groups in total. The highest BCUT2D eigenvalue weighted by Crippen LogP contribution is 2.04.